The Labute approximate surface area is 187 Å². The van der Waals surface area contributed by atoms with Gasteiger partial charge in [-0.25, -0.2) is 0 Å². The van der Waals surface area contributed by atoms with Gasteiger partial charge in [-0.2, -0.15) is 0 Å². The number of Topliss-reactive ketones (excluding diaryl/α,β-unsaturated/α-hetero) is 1. The Morgan fingerprint density at radius 1 is 1.09 bits per heavy atom. The predicted molar refractivity (Wildman–Crippen MR) is 110 cm³/mol. The molecule has 10 heteroatoms. The minimum absolute atomic E-state index is 0.0564. The summed E-state index contributed by atoms with van der Waals surface area (Å²) in [7, 11) is 1.31. The number of hydrogen-bond donors (Lipinski definition) is 4. The first kappa shape index (κ1) is 22.4. The van der Waals surface area contributed by atoms with Crippen LogP contribution in [0.15, 0.2) is 18.2 Å². The van der Waals surface area contributed by atoms with Gasteiger partial charge in [0.05, 0.1) is 29.9 Å². The van der Waals surface area contributed by atoms with E-state index in [2.05, 4.69) is 4.74 Å². The number of aromatic hydroxyl groups is 2. The second-order valence-corrected chi connectivity index (χ2v) is 8.01. The second-order valence-electron chi connectivity index (χ2n) is 8.01. The fraction of sp³-hybridized carbons (Fsp3) is 0.304. The van der Waals surface area contributed by atoms with E-state index < -0.39 is 77.1 Å². The lowest BCUT2D eigenvalue weighted by Crippen LogP contribution is -2.47. The summed E-state index contributed by atoms with van der Waals surface area (Å²) in [5, 5.41) is 43.4. The third kappa shape index (κ3) is 3.26. The molecule has 0 spiro atoms. The Morgan fingerprint density at radius 3 is 2.39 bits per heavy atom. The lowest BCUT2D eigenvalue weighted by Gasteiger charge is -2.37. The van der Waals surface area contributed by atoms with E-state index in [0.717, 1.165) is 6.92 Å². The minimum atomic E-state index is -2.25. The van der Waals surface area contributed by atoms with Crippen molar-refractivity contribution in [1.82, 2.24) is 0 Å². The number of rotatable bonds is 4. The number of hydrogen-bond acceptors (Lipinski definition) is 10. The summed E-state index contributed by atoms with van der Waals surface area (Å²) in [6.07, 6.45) is -2.84. The van der Waals surface area contributed by atoms with Gasteiger partial charge in [0.1, 0.15) is 22.8 Å². The molecule has 0 bridgehead atoms. The molecule has 0 fully saturated rings. The largest absolute Gasteiger partial charge is 0.507 e. The highest BCUT2D eigenvalue weighted by molar-refractivity contribution is 6.31. The first-order chi connectivity index (χ1) is 15.5. The van der Waals surface area contributed by atoms with Crippen LogP contribution in [0.3, 0.4) is 0 Å². The van der Waals surface area contributed by atoms with E-state index in [-0.39, 0.29) is 28.0 Å². The number of fused-ring (bicyclic) bond motifs is 3. The molecule has 10 nitrogen and oxygen atoms in total. The molecule has 2 aromatic carbocycles. The van der Waals surface area contributed by atoms with Crippen LogP contribution in [0.1, 0.15) is 62.4 Å². The van der Waals surface area contributed by atoms with E-state index in [4.69, 9.17) is 4.74 Å². The number of esters is 1. The van der Waals surface area contributed by atoms with Crippen molar-refractivity contribution in [3.63, 3.8) is 0 Å². The molecule has 2 aliphatic carbocycles. The van der Waals surface area contributed by atoms with Gasteiger partial charge < -0.3 is 29.9 Å². The average molecular weight is 456 g/mol. The van der Waals surface area contributed by atoms with E-state index in [1.807, 2.05) is 0 Å². The molecule has 0 saturated carbocycles. The van der Waals surface area contributed by atoms with Crippen molar-refractivity contribution in [2.75, 3.05) is 13.7 Å². The van der Waals surface area contributed by atoms with Gasteiger partial charge in [-0.3, -0.25) is 19.2 Å². The maximum atomic E-state index is 13.2. The Bertz CT molecular complexity index is 1240. The summed E-state index contributed by atoms with van der Waals surface area (Å²) < 4.78 is 9.80. The number of phenols is 2. The fourth-order valence-corrected chi connectivity index (χ4v) is 4.46. The maximum Gasteiger partial charge on any atom is 0.303 e. The van der Waals surface area contributed by atoms with Crippen LogP contribution in [-0.4, -0.2) is 63.1 Å². The molecule has 0 aromatic heterocycles. The second kappa shape index (κ2) is 7.68. The molecule has 4 rings (SSSR count). The van der Waals surface area contributed by atoms with Gasteiger partial charge in [0.2, 0.25) is 11.6 Å². The van der Waals surface area contributed by atoms with Gasteiger partial charge >= 0.3 is 5.97 Å². The summed E-state index contributed by atoms with van der Waals surface area (Å²) in [5.41, 5.74) is -3.91. The Morgan fingerprint density at radius 2 is 1.76 bits per heavy atom. The molecular formula is C23H20O10. The smallest absolute Gasteiger partial charge is 0.303 e. The summed E-state index contributed by atoms with van der Waals surface area (Å²) in [6, 6.07) is 4.32. The van der Waals surface area contributed by atoms with Crippen molar-refractivity contribution >= 4 is 23.3 Å². The van der Waals surface area contributed by atoms with E-state index in [1.54, 1.807) is 0 Å². The van der Waals surface area contributed by atoms with Gasteiger partial charge in [0.15, 0.2) is 12.4 Å². The highest BCUT2D eigenvalue weighted by atomic mass is 16.5. The van der Waals surface area contributed by atoms with Gasteiger partial charge in [-0.15, -0.1) is 0 Å². The number of ketones is 3. The molecule has 0 saturated heterocycles. The molecule has 1 unspecified atom stereocenters. The predicted octanol–water partition coefficient (Wildman–Crippen LogP) is 0.725. The topological polar surface area (TPSA) is 168 Å². The van der Waals surface area contributed by atoms with Gasteiger partial charge in [-0.05, 0) is 6.07 Å². The van der Waals surface area contributed by atoms with Crippen molar-refractivity contribution in [2.24, 2.45) is 0 Å². The number of methoxy groups -OCH3 is 1. The van der Waals surface area contributed by atoms with Gasteiger partial charge in [0.25, 0.3) is 0 Å². The molecule has 0 heterocycles. The lowest BCUT2D eigenvalue weighted by molar-refractivity contribution is -0.155. The highest BCUT2D eigenvalue weighted by Crippen LogP contribution is 2.50. The first-order valence-corrected chi connectivity index (χ1v) is 9.96. The molecular weight excluding hydrogens is 436 g/mol. The van der Waals surface area contributed by atoms with Crippen LogP contribution in [-0.2, 0) is 20.7 Å². The van der Waals surface area contributed by atoms with Crippen LogP contribution < -0.4 is 4.74 Å². The van der Waals surface area contributed by atoms with E-state index in [9.17, 15) is 39.6 Å². The monoisotopic (exact) mass is 456 g/mol. The average Bonchev–Trinajstić information content (AvgIpc) is 2.76. The third-order valence-corrected chi connectivity index (χ3v) is 6.02. The lowest BCUT2D eigenvalue weighted by atomic mass is 9.72. The Hall–Kier alpha value is -3.76. The Kier molecular flexibility index (Phi) is 5.22. The van der Waals surface area contributed by atoms with E-state index in [1.165, 1.54) is 25.3 Å². The van der Waals surface area contributed by atoms with E-state index in [0.29, 0.717) is 0 Å². The first-order valence-electron chi connectivity index (χ1n) is 9.96. The van der Waals surface area contributed by atoms with Crippen molar-refractivity contribution in [3.05, 3.63) is 51.6 Å². The summed E-state index contributed by atoms with van der Waals surface area (Å²) in [5.74, 6) is -4.61. The summed E-state index contributed by atoms with van der Waals surface area (Å²) in [6.45, 7) is 0.310. The zero-order chi connectivity index (χ0) is 24.2. The quantitative estimate of drug-likeness (QED) is 0.324. The number of carbonyl (C=O) groups is 4. The van der Waals surface area contributed by atoms with Crippen LogP contribution in [0.2, 0.25) is 0 Å². The minimum Gasteiger partial charge on any atom is -0.507 e. The summed E-state index contributed by atoms with van der Waals surface area (Å²) >= 11 is 0. The molecule has 0 amide bonds. The molecule has 0 aliphatic heterocycles. The summed E-state index contributed by atoms with van der Waals surface area (Å²) in [4.78, 5) is 50.0. The molecule has 2 aliphatic rings. The molecule has 0 radical (unpaired) electrons. The Balaban J connectivity index is 1.89. The van der Waals surface area contributed by atoms with Crippen molar-refractivity contribution in [2.45, 2.75) is 31.5 Å². The number of carbonyl (C=O) groups excluding carboxylic acids is 4. The van der Waals surface area contributed by atoms with Crippen molar-refractivity contribution in [3.8, 4) is 17.2 Å². The number of aliphatic hydroxyl groups is 2. The number of phenolic OH excluding ortho intramolecular Hbond substituents is 2. The third-order valence-electron chi connectivity index (χ3n) is 6.02. The zero-order valence-electron chi connectivity index (χ0n) is 17.7. The normalized spacial score (nSPS) is 21.0. The van der Waals surface area contributed by atoms with Gasteiger partial charge in [0, 0.05) is 36.5 Å². The molecule has 33 heavy (non-hydrogen) atoms. The zero-order valence-corrected chi connectivity index (χ0v) is 17.7. The number of aliphatic hydroxyl groups excluding tert-OH is 1. The fourth-order valence-electron chi connectivity index (χ4n) is 4.46. The van der Waals surface area contributed by atoms with Crippen LogP contribution in [0.5, 0.6) is 17.2 Å². The van der Waals surface area contributed by atoms with Crippen LogP contribution in [0, 0.1) is 0 Å². The number of benzene rings is 2. The van der Waals surface area contributed by atoms with Gasteiger partial charge in [-0.1, -0.05) is 12.1 Å². The highest BCUT2D eigenvalue weighted by Gasteiger charge is 2.48. The van der Waals surface area contributed by atoms with Crippen molar-refractivity contribution in [1.29, 1.82) is 0 Å². The van der Waals surface area contributed by atoms with E-state index >= 15 is 0 Å². The van der Waals surface area contributed by atoms with Crippen molar-refractivity contribution < 1.29 is 49.1 Å². The molecule has 4 N–H and O–H groups in total. The molecule has 2 aromatic rings. The number of ether oxygens (including phenoxy) is 2. The molecule has 2 atom stereocenters. The van der Waals surface area contributed by atoms with Crippen LogP contribution in [0.4, 0.5) is 0 Å². The van der Waals surface area contributed by atoms with Crippen LogP contribution >= 0.6 is 0 Å². The SMILES string of the molecule is COc1cccc2c1C(=O)c1c(O)c3c(c(O)c1C2=O)CC(O)(C(=O)COC(C)=O)C[C@H]3O. The standard InChI is InChI=1S/C23H20O10/c1-9(24)33-8-14(26)23(31)6-11-15(12(25)7-23)21(29)18-17(20(11)28)19(27)10-4-3-5-13(32-2)16(10)22(18)30/h3-5,12,25,28-29,31H,6-8H2,1-2H3/t12-,23?/m1/s1. The molecule has 172 valence electrons. The van der Waals surface area contributed by atoms with Crippen LogP contribution in [0.25, 0.3) is 0 Å². The maximum absolute atomic E-state index is 13.2.